The maximum absolute atomic E-state index is 8.44. The number of hydrogen-bond donors (Lipinski definition) is 1. The molecule has 0 unspecified atom stereocenters. The quantitative estimate of drug-likeness (QED) is 0.218. The Hall–Kier alpha value is -4.17. The summed E-state index contributed by atoms with van der Waals surface area (Å²) in [6.07, 6.45) is 0. The second-order valence-corrected chi connectivity index (χ2v) is 15.1. The molecule has 0 fully saturated rings. The van der Waals surface area contributed by atoms with Crippen molar-refractivity contribution >= 4 is 50.1 Å². The summed E-state index contributed by atoms with van der Waals surface area (Å²) in [7, 11) is 0. The van der Waals surface area contributed by atoms with Gasteiger partial charge in [0.05, 0.1) is 0 Å². The molecular weight excluding hydrogens is 507 g/mol. The minimum atomic E-state index is -3.94. The summed E-state index contributed by atoms with van der Waals surface area (Å²) in [6.45, 7) is 0. The van der Waals surface area contributed by atoms with Gasteiger partial charge in [-0.2, -0.15) is 0 Å². The van der Waals surface area contributed by atoms with Gasteiger partial charge in [0.1, 0.15) is 0 Å². The predicted octanol–water partition coefficient (Wildman–Crippen LogP) is 7.39. The van der Waals surface area contributed by atoms with Gasteiger partial charge in [-0.3, -0.25) is 0 Å². The fourth-order valence-corrected chi connectivity index (χ4v) is 10.9. The van der Waals surface area contributed by atoms with Crippen LogP contribution >= 0.6 is 17.2 Å². The molecule has 0 aliphatic rings. The molecule has 0 spiro atoms. The van der Waals surface area contributed by atoms with Crippen LogP contribution in [0.1, 0.15) is 0 Å². The Bertz CT molecular complexity index is 1540. The van der Waals surface area contributed by atoms with Crippen LogP contribution in [0.5, 0.6) is 0 Å². The van der Waals surface area contributed by atoms with Crippen molar-refractivity contribution in [2.45, 2.75) is 0 Å². The summed E-state index contributed by atoms with van der Waals surface area (Å²) < 4.78 is 6.57. The van der Waals surface area contributed by atoms with E-state index in [1.165, 1.54) is 0 Å². The fourth-order valence-electron chi connectivity index (χ4n) is 4.97. The van der Waals surface area contributed by atoms with E-state index in [1.54, 1.807) is 0 Å². The molecule has 6 rings (SSSR count). The van der Waals surface area contributed by atoms with E-state index < -0.39 is 5.96 Å². The third kappa shape index (κ3) is 3.92. The van der Waals surface area contributed by atoms with Crippen molar-refractivity contribution < 1.29 is 4.42 Å². The molecule has 0 saturated carbocycles. The molecule has 0 amide bonds. The number of para-hydroxylation sites is 1. The molecule has 1 heterocycles. The van der Waals surface area contributed by atoms with Crippen LogP contribution in [-0.4, -0.2) is 4.98 Å². The van der Waals surface area contributed by atoms with Gasteiger partial charge < -0.3 is 0 Å². The number of nitrogens with zero attached hydrogens (tertiary/aromatic N) is 1. The first-order chi connectivity index (χ1) is 18.7. The molecule has 38 heavy (non-hydrogen) atoms. The number of aromatic nitrogens is 1. The number of anilines is 2. The Balaban J connectivity index is 1.75. The van der Waals surface area contributed by atoms with Crippen LogP contribution < -0.4 is 26.7 Å². The Morgan fingerprint density at radius 3 is 1.37 bits per heavy atom. The molecule has 0 radical (unpaired) electrons. The van der Waals surface area contributed by atoms with Gasteiger partial charge in [-0.1, -0.05) is 0 Å². The van der Waals surface area contributed by atoms with E-state index in [2.05, 4.69) is 41.7 Å². The van der Waals surface area contributed by atoms with E-state index in [-0.39, 0.29) is 0 Å². The summed E-state index contributed by atoms with van der Waals surface area (Å²) in [6, 6.07) is 50.8. The summed E-state index contributed by atoms with van der Waals surface area (Å²) in [5.41, 5.74) is 2.45. The second-order valence-electron chi connectivity index (χ2n) is 9.04. The Labute approximate surface area is 227 Å². The Morgan fingerprint density at radius 2 is 0.921 bits per heavy atom. The first kappa shape index (κ1) is 24.2. The van der Waals surface area contributed by atoms with E-state index in [0.717, 1.165) is 27.2 Å². The average molecular weight is 533 g/mol. The molecular formula is C33H26ClN2OP. The van der Waals surface area contributed by atoms with E-state index >= 15 is 0 Å². The molecule has 1 aromatic heterocycles. The number of rotatable bonds is 7. The zero-order valence-electron chi connectivity index (χ0n) is 20.6. The number of benzene rings is 5. The molecule has 6 aromatic rings. The van der Waals surface area contributed by atoms with Crippen molar-refractivity contribution in [1.82, 2.24) is 4.98 Å². The third-order valence-electron chi connectivity index (χ3n) is 6.78. The van der Waals surface area contributed by atoms with Crippen LogP contribution in [0.15, 0.2) is 156 Å². The van der Waals surface area contributed by atoms with Crippen LogP contribution in [-0.2, 0) is 0 Å². The number of halogens is 1. The summed E-state index contributed by atoms with van der Waals surface area (Å²) in [5, 5.41) is 6.48. The zero-order chi connectivity index (χ0) is 25.9. The van der Waals surface area contributed by atoms with Crippen LogP contribution in [0.2, 0.25) is 0 Å². The maximum atomic E-state index is 8.44. The topological polar surface area (TPSA) is 38.1 Å². The zero-order valence-corrected chi connectivity index (χ0v) is 22.3. The molecule has 5 aromatic carbocycles. The third-order valence-corrected chi connectivity index (χ3v) is 13.9. The number of oxazole rings is 1. The van der Waals surface area contributed by atoms with Gasteiger partial charge in [-0.05, 0) is 0 Å². The van der Waals surface area contributed by atoms with Gasteiger partial charge in [0.25, 0.3) is 0 Å². The van der Waals surface area contributed by atoms with Crippen LogP contribution in [0.3, 0.4) is 0 Å². The first-order valence-electron chi connectivity index (χ1n) is 12.5. The van der Waals surface area contributed by atoms with Crippen molar-refractivity contribution in [1.29, 1.82) is 0 Å². The van der Waals surface area contributed by atoms with Crippen LogP contribution in [0, 0.1) is 0 Å². The summed E-state index contributed by atoms with van der Waals surface area (Å²) in [4.78, 5) is 5.25. The summed E-state index contributed by atoms with van der Waals surface area (Å²) in [5.74, 6) is -2.90. The van der Waals surface area contributed by atoms with Gasteiger partial charge in [0, 0.05) is 0 Å². The molecule has 0 saturated heterocycles. The molecule has 0 aliphatic heterocycles. The average Bonchev–Trinajstić information content (AvgIpc) is 3.44. The van der Waals surface area contributed by atoms with Gasteiger partial charge >= 0.3 is 228 Å². The molecule has 0 aliphatic carbocycles. The monoisotopic (exact) mass is 532 g/mol. The number of hydrogen-bond acceptors (Lipinski definition) is 3. The van der Waals surface area contributed by atoms with Crippen molar-refractivity contribution in [2.75, 3.05) is 5.32 Å². The second kappa shape index (κ2) is 9.95. The van der Waals surface area contributed by atoms with Gasteiger partial charge in [0.15, 0.2) is 0 Å². The molecule has 5 heteroatoms. The van der Waals surface area contributed by atoms with Crippen molar-refractivity contribution in [3.05, 3.63) is 152 Å². The van der Waals surface area contributed by atoms with E-state index in [1.807, 2.05) is 115 Å². The number of nitrogens with one attached hydrogen (secondary N) is 1. The van der Waals surface area contributed by atoms with Crippen LogP contribution in [0.4, 0.5) is 11.6 Å². The minimum absolute atomic E-state index is 0.511. The van der Waals surface area contributed by atoms with Gasteiger partial charge in [-0.25, -0.2) is 0 Å². The molecule has 186 valence electrons. The standard InChI is InChI=1S/C33H26ClN2OP/c34-38(28-20-10-3-11-21-28,29-22-12-4-13-23-29,30-24-14-5-15-25-30)33-32(35-27-18-8-2-9-19-27)37-31(36-33)26-16-6-1-7-17-26/h1-25,35H. The molecule has 1 N–H and O–H groups in total. The van der Waals surface area contributed by atoms with Crippen LogP contribution in [0.25, 0.3) is 11.5 Å². The predicted molar refractivity (Wildman–Crippen MR) is 162 cm³/mol. The van der Waals surface area contributed by atoms with Crippen molar-refractivity contribution in [3.8, 4) is 11.5 Å². The normalized spacial score (nSPS) is 12.4. The molecule has 0 atom stereocenters. The van der Waals surface area contributed by atoms with E-state index in [9.17, 15) is 0 Å². The van der Waals surface area contributed by atoms with E-state index in [0.29, 0.717) is 17.2 Å². The van der Waals surface area contributed by atoms with E-state index in [4.69, 9.17) is 20.6 Å². The Morgan fingerprint density at radius 1 is 0.526 bits per heavy atom. The first-order valence-corrected chi connectivity index (χ1v) is 15.6. The molecule has 0 bridgehead atoms. The Kier molecular flexibility index (Phi) is 6.33. The van der Waals surface area contributed by atoms with Gasteiger partial charge in [-0.15, -0.1) is 0 Å². The van der Waals surface area contributed by atoms with Gasteiger partial charge in [0.2, 0.25) is 0 Å². The van der Waals surface area contributed by atoms with Crippen molar-refractivity contribution in [3.63, 3.8) is 0 Å². The molecule has 3 nitrogen and oxygen atoms in total. The summed E-state index contributed by atoms with van der Waals surface area (Å²) >= 11 is 8.44. The SMILES string of the molecule is ClP(c1ccccc1)(c1ccccc1)(c1ccccc1)c1nc(-c2ccccc2)oc1Nc1ccccc1. The fraction of sp³-hybridized carbons (Fsp3) is 0. The van der Waals surface area contributed by atoms with Crippen molar-refractivity contribution in [2.24, 2.45) is 0 Å².